The Bertz CT molecular complexity index is 747. The fraction of sp³-hybridized carbons (Fsp3) is 0.562. The minimum atomic E-state index is -3.80. The molecular weight excluding hydrogens is 366 g/mol. The molecule has 3 rings (SSSR count). The molecule has 7 nitrogen and oxygen atoms in total. The zero-order chi connectivity index (χ0) is 18.7. The first-order valence-corrected chi connectivity index (χ1v) is 9.95. The minimum Gasteiger partial charge on any atom is -0.435 e. The van der Waals surface area contributed by atoms with Crippen LogP contribution in [0.2, 0.25) is 0 Å². The van der Waals surface area contributed by atoms with E-state index in [1.165, 1.54) is 28.6 Å². The molecule has 0 amide bonds. The van der Waals surface area contributed by atoms with E-state index in [0.717, 1.165) is 32.7 Å². The van der Waals surface area contributed by atoms with Crippen LogP contribution in [0.1, 0.15) is 6.92 Å². The lowest BCUT2D eigenvalue weighted by atomic mass is 10.3. The van der Waals surface area contributed by atoms with Gasteiger partial charge in [0.25, 0.3) is 10.0 Å². The van der Waals surface area contributed by atoms with E-state index < -0.39 is 16.6 Å². The van der Waals surface area contributed by atoms with E-state index in [4.69, 9.17) is 0 Å². The van der Waals surface area contributed by atoms with Gasteiger partial charge in [-0.1, -0.05) is 6.92 Å². The Morgan fingerprint density at radius 2 is 1.77 bits per heavy atom. The Balaban J connectivity index is 1.75. The van der Waals surface area contributed by atoms with Gasteiger partial charge in [-0.15, -0.1) is 0 Å². The average Bonchev–Trinajstić information content (AvgIpc) is 3.12. The van der Waals surface area contributed by atoms with Gasteiger partial charge in [0.2, 0.25) is 5.96 Å². The molecule has 0 atom stereocenters. The maximum Gasteiger partial charge on any atom is 0.387 e. The molecule has 0 aliphatic carbocycles. The molecule has 1 saturated heterocycles. The minimum absolute atomic E-state index is 0.0286. The summed E-state index contributed by atoms with van der Waals surface area (Å²) in [5, 5.41) is 0. The number of halogens is 2. The van der Waals surface area contributed by atoms with Crippen LogP contribution in [0.25, 0.3) is 0 Å². The molecule has 0 N–H and O–H groups in total. The van der Waals surface area contributed by atoms with Crippen molar-refractivity contribution in [1.82, 2.24) is 14.1 Å². The highest BCUT2D eigenvalue weighted by molar-refractivity contribution is 7.89. The number of hydrogen-bond donors (Lipinski definition) is 0. The predicted molar refractivity (Wildman–Crippen MR) is 93.0 cm³/mol. The van der Waals surface area contributed by atoms with Crippen molar-refractivity contribution >= 4 is 16.0 Å². The SMILES string of the molecule is CCN1CCN(C2=NCCN2S(=O)(=O)c2ccc(OC(F)F)cc2)CC1. The van der Waals surface area contributed by atoms with E-state index in [-0.39, 0.29) is 17.2 Å². The van der Waals surface area contributed by atoms with Crippen LogP contribution >= 0.6 is 0 Å². The van der Waals surface area contributed by atoms with E-state index >= 15 is 0 Å². The smallest absolute Gasteiger partial charge is 0.387 e. The molecule has 0 bridgehead atoms. The van der Waals surface area contributed by atoms with Gasteiger partial charge in [-0.3, -0.25) is 4.99 Å². The van der Waals surface area contributed by atoms with Crippen LogP contribution in [0.4, 0.5) is 8.78 Å². The number of ether oxygens (including phenoxy) is 1. The van der Waals surface area contributed by atoms with E-state index in [1.54, 1.807) is 0 Å². The van der Waals surface area contributed by atoms with Crippen molar-refractivity contribution < 1.29 is 21.9 Å². The van der Waals surface area contributed by atoms with Crippen molar-refractivity contribution in [1.29, 1.82) is 0 Å². The summed E-state index contributed by atoms with van der Waals surface area (Å²) in [6.07, 6.45) is 0. The summed E-state index contributed by atoms with van der Waals surface area (Å²) >= 11 is 0. The third-order valence-corrected chi connectivity index (χ3v) is 6.31. The predicted octanol–water partition coefficient (Wildman–Crippen LogP) is 1.29. The number of rotatable bonds is 5. The lowest BCUT2D eigenvalue weighted by molar-refractivity contribution is -0.0498. The Morgan fingerprint density at radius 1 is 1.12 bits per heavy atom. The van der Waals surface area contributed by atoms with Gasteiger partial charge in [0, 0.05) is 26.2 Å². The first-order chi connectivity index (χ1) is 12.4. The highest BCUT2D eigenvalue weighted by atomic mass is 32.2. The maximum atomic E-state index is 13.0. The average molecular weight is 388 g/mol. The van der Waals surface area contributed by atoms with Crippen molar-refractivity contribution in [2.45, 2.75) is 18.4 Å². The lowest BCUT2D eigenvalue weighted by Crippen LogP contribution is -2.53. The summed E-state index contributed by atoms with van der Waals surface area (Å²) in [6, 6.07) is 5.01. The lowest BCUT2D eigenvalue weighted by Gasteiger charge is -2.37. The molecule has 0 aromatic heterocycles. The molecule has 10 heteroatoms. The first-order valence-electron chi connectivity index (χ1n) is 8.51. The number of sulfonamides is 1. The van der Waals surface area contributed by atoms with Gasteiger partial charge in [-0.05, 0) is 30.8 Å². The molecule has 0 radical (unpaired) electrons. The molecule has 0 spiro atoms. The highest BCUT2D eigenvalue weighted by Crippen LogP contribution is 2.23. The summed E-state index contributed by atoms with van der Waals surface area (Å²) in [4.78, 5) is 8.71. The van der Waals surface area contributed by atoms with Gasteiger partial charge in [0.1, 0.15) is 5.75 Å². The van der Waals surface area contributed by atoms with E-state index in [1.807, 2.05) is 4.90 Å². The van der Waals surface area contributed by atoms with Crippen LogP contribution in [0.15, 0.2) is 34.2 Å². The Kier molecular flexibility index (Phi) is 5.61. The van der Waals surface area contributed by atoms with Crippen LogP contribution in [0, 0.1) is 0 Å². The maximum absolute atomic E-state index is 13.0. The normalized spacial score (nSPS) is 19.2. The number of benzene rings is 1. The van der Waals surface area contributed by atoms with Crippen LogP contribution < -0.4 is 4.74 Å². The van der Waals surface area contributed by atoms with Crippen LogP contribution in [0.3, 0.4) is 0 Å². The summed E-state index contributed by atoms with van der Waals surface area (Å²) in [7, 11) is -3.80. The number of aliphatic imine (C=N–C) groups is 1. The fourth-order valence-electron chi connectivity index (χ4n) is 3.09. The Morgan fingerprint density at radius 3 is 2.35 bits per heavy atom. The third kappa shape index (κ3) is 3.90. The van der Waals surface area contributed by atoms with Gasteiger partial charge in [0.05, 0.1) is 18.0 Å². The Labute approximate surface area is 151 Å². The second-order valence-corrected chi connectivity index (χ2v) is 7.89. The molecule has 2 aliphatic heterocycles. The van der Waals surface area contributed by atoms with Gasteiger partial charge >= 0.3 is 6.61 Å². The van der Waals surface area contributed by atoms with Crippen molar-refractivity contribution in [2.24, 2.45) is 4.99 Å². The zero-order valence-corrected chi connectivity index (χ0v) is 15.3. The highest BCUT2D eigenvalue weighted by Gasteiger charge is 2.34. The monoisotopic (exact) mass is 388 g/mol. The first kappa shape index (κ1) is 18.8. The second kappa shape index (κ2) is 7.75. The number of hydrogen-bond acceptors (Lipinski definition) is 6. The van der Waals surface area contributed by atoms with Crippen LogP contribution in [0.5, 0.6) is 5.75 Å². The number of likely N-dealkylation sites (N-methyl/N-ethyl adjacent to an activating group) is 1. The second-order valence-electron chi connectivity index (χ2n) is 6.03. The van der Waals surface area contributed by atoms with Crippen LogP contribution in [-0.4, -0.2) is 80.9 Å². The number of nitrogens with zero attached hydrogens (tertiary/aromatic N) is 4. The summed E-state index contributed by atoms with van der Waals surface area (Å²) in [5.41, 5.74) is 0. The van der Waals surface area contributed by atoms with E-state index in [9.17, 15) is 17.2 Å². The molecule has 1 aromatic rings. The molecule has 0 saturated carbocycles. The van der Waals surface area contributed by atoms with E-state index in [2.05, 4.69) is 21.6 Å². The summed E-state index contributed by atoms with van der Waals surface area (Å²) in [5.74, 6) is 0.388. The summed E-state index contributed by atoms with van der Waals surface area (Å²) in [6.45, 7) is 3.98. The van der Waals surface area contributed by atoms with Crippen molar-refractivity contribution in [3.63, 3.8) is 0 Å². The van der Waals surface area contributed by atoms with Crippen LogP contribution in [-0.2, 0) is 10.0 Å². The van der Waals surface area contributed by atoms with Gasteiger partial charge < -0.3 is 14.5 Å². The molecule has 2 aliphatic rings. The quantitative estimate of drug-likeness (QED) is 0.761. The Hall–Kier alpha value is -1.94. The zero-order valence-electron chi connectivity index (χ0n) is 14.5. The van der Waals surface area contributed by atoms with Gasteiger partial charge in [-0.2, -0.15) is 8.78 Å². The topological polar surface area (TPSA) is 65.5 Å². The molecule has 2 heterocycles. The number of guanidine groups is 1. The number of alkyl halides is 2. The molecule has 26 heavy (non-hydrogen) atoms. The summed E-state index contributed by atoms with van der Waals surface area (Å²) < 4.78 is 56.0. The number of piperazine rings is 1. The molecule has 144 valence electrons. The van der Waals surface area contributed by atoms with E-state index in [0.29, 0.717) is 12.5 Å². The molecule has 1 fully saturated rings. The fourth-order valence-corrected chi connectivity index (χ4v) is 4.53. The van der Waals surface area contributed by atoms with Crippen molar-refractivity contribution in [3.8, 4) is 5.75 Å². The van der Waals surface area contributed by atoms with Crippen molar-refractivity contribution in [2.75, 3.05) is 45.8 Å². The molecular formula is C16H22F2N4O3S. The standard InChI is InChI=1S/C16H22F2N4O3S/c1-2-20-9-11-21(12-10-20)16-19-7-8-22(16)26(23,24)14-5-3-13(4-6-14)25-15(17)18/h3-6,15H,2,7-12H2,1H3. The third-order valence-electron chi connectivity index (χ3n) is 4.52. The largest absolute Gasteiger partial charge is 0.435 e. The van der Waals surface area contributed by atoms with Gasteiger partial charge in [-0.25, -0.2) is 12.7 Å². The van der Waals surface area contributed by atoms with Gasteiger partial charge in [0.15, 0.2) is 0 Å². The molecule has 1 aromatic carbocycles. The molecule has 0 unspecified atom stereocenters. The van der Waals surface area contributed by atoms with Crippen molar-refractivity contribution in [3.05, 3.63) is 24.3 Å².